The van der Waals surface area contributed by atoms with Crippen LogP contribution in [0.25, 0.3) is 0 Å². The smallest absolute Gasteiger partial charge is 0.115 e. The normalized spacial score (nSPS) is 12.6. The van der Waals surface area contributed by atoms with Gasteiger partial charge in [-0.2, -0.15) is 0 Å². The first-order chi connectivity index (χ1) is 8.16. The second kappa shape index (κ2) is 5.38. The predicted octanol–water partition coefficient (Wildman–Crippen LogP) is 3.01. The van der Waals surface area contributed by atoms with Crippen molar-refractivity contribution in [2.75, 3.05) is 0 Å². The Hall–Kier alpha value is -1.26. The average molecular weight is 247 g/mol. The van der Waals surface area contributed by atoms with E-state index in [1.807, 2.05) is 17.4 Å². The molecule has 0 aliphatic carbocycles. The van der Waals surface area contributed by atoms with E-state index in [0.29, 0.717) is 6.04 Å². The Morgan fingerprint density at radius 2 is 2.24 bits per heavy atom. The Morgan fingerprint density at radius 3 is 2.82 bits per heavy atom. The lowest BCUT2D eigenvalue weighted by Gasteiger charge is -2.13. The lowest BCUT2D eigenvalue weighted by molar-refractivity contribution is 0.566. The second-order valence-corrected chi connectivity index (χ2v) is 5.63. The molecule has 0 saturated heterocycles. The first kappa shape index (κ1) is 12.2. The van der Waals surface area contributed by atoms with Gasteiger partial charge in [-0.05, 0) is 38.5 Å². The van der Waals surface area contributed by atoms with Crippen LogP contribution in [-0.2, 0) is 6.54 Å². The summed E-state index contributed by atoms with van der Waals surface area (Å²) >= 11 is 1.85. The van der Waals surface area contributed by atoms with Crippen LogP contribution in [0, 0.1) is 13.8 Å². The first-order valence-corrected chi connectivity index (χ1v) is 6.53. The Balaban J connectivity index is 1.98. The van der Waals surface area contributed by atoms with Crippen LogP contribution < -0.4 is 5.32 Å². The van der Waals surface area contributed by atoms with Crippen molar-refractivity contribution in [3.63, 3.8) is 0 Å². The third-order valence-corrected chi connectivity index (χ3v) is 3.76. The number of nitrogens with zero attached hydrogens (tertiary/aromatic N) is 2. The van der Waals surface area contributed by atoms with Crippen LogP contribution in [0.4, 0.5) is 0 Å². The SMILES string of the molecule is Cc1cc(C(C)NCc2ccncn2)c(C)s1. The van der Waals surface area contributed by atoms with Crippen molar-refractivity contribution in [3.05, 3.63) is 45.7 Å². The minimum Gasteiger partial charge on any atom is -0.305 e. The lowest BCUT2D eigenvalue weighted by Crippen LogP contribution is -2.18. The molecule has 0 spiro atoms. The highest BCUT2D eigenvalue weighted by Gasteiger charge is 2.10. The molecule has 2 rings (SSSR count). The molecule has 1 atom stereocenters. The van der Waals surface area contributed by atoms with Crippen molar-refractivity contribution in [2.24, 2.45) is 0 Å². The van der Waals surface area contributed by atoms with E-state index in [4.69, 9.17) is 0 Å². The van der Waals surface area contributed by atoms with Gasteiger partial charge in [-0.25, -0.2) is 9.97 Å². The van der Waals surface area contributed by atoms with E-state index >= 15 is 0 Å². The number of rotatable bonds is 4. The van der Waals surface area contributed by atoms with E-state index in [9.17, 15) is 0 Å². The third kappa shape index (κ3) is 3.11. The minimum atomic E-state index is 0.356. The van der Waals surface area contributed by atoms with Gasteiger partial charge in [0.25, 0.3) is 0 Å². The summed E-state index contributed by atoms with van der Waals surface area (Å²) in [6.45, 7) is 7.29. The summed E-state index contributed by atoms with van der Waals surface area (Å²) in [5, 5.41) is 3.49. The van der Waals surface area contributed by atoms with Crippen LogP contribution in [0.2, 0.25) is 0 Å². The Bertz CT molecular complexity index is 479. The van der Waals surface area contributed by atoms with Gasteiger partial charge in [0.15, 0.2) is 0 Å². The number of hydrogen-bond acceptors (Lipinski definition) is 4. The minimum absolute atomic E-state index is 0.356. The molecule has 17 heavy (non-hydrogen) atoms. The van der Waals surface area contributed by atoms with E-state index in [2.05, 4.69) is 42.1 Å². The van der Waals surface area contributed by atoms with Crippen LogP contribution in [-0.4, -0.2) is 9.97 Å². The Morgan fingerprint density at radius 1 is 1.41 bits per heavy atom. The molecule has 3 nitrogen and oxygen atoms in total. The molecular formula is C13H17N3S. The topological polar surface area (TPSA) is 37.8 Å². The summed E-state index contributed by atoms with van der Waals surface area (Å²) in [6, 6.07) is 4.55. The molecule has 0 saturated carbocycles. The quantitative estimate of drug-likeness (QED) is 0.902. The molecular weight excluding hydrogens is 230 g/mol. The molecule has 0 aliphatic rings. The zero-order valence-electron chi connectivity index (χ0n) is 10.4. The summed E-state index contributed by atoms with van der Waals surface area (Å²) < 4.78 is 0. The zero-order valence-corrected chi connectivity index (χ0v) is 11.2. The van der Waals surface area contributed by atoms with Gasteiger partial charge in [0.2, 0.25) is 0 Å². The maximum atomic E-state index is 4.20. The molecule has 0 amide bonds. The Labute approximate surface area is 106 Å². The fourth-order valence-electron chi connectivity index (χ4n) is 1.87. The van der Waals surface area contributed by atoms with Gasteiger partial charge in [-0.3, -0.25) is 0 Å². The lowest BCUT2D eigenvalue weighted by atomic mass is 10.1. The molecule has 0 radical (unpaired) electrons. The summed E-state index contributed by atoms with van der Waals surface area (Å²) in [5.74, 6) is 0. The van der Waals surface area contributed by atoms with Crippen LogP contribution >= 0.6 is 11.3 Å². The van der Waals surface area contributed by atoms with E-state index in [1.165, 1.54) is 15.3 Å². The van der Waals surface area contributed by atoms with Gasteiger partial charge in [-0.15, -0.1) is 11.3 Å². The van der Waals surface area contributed by atoms with Gasteiger partial charge in [-0.1, -0.05) is 0 Å². The monoisotopic (exact) mass is 247 g/mol. The van der Waals surface area contributed by atoms with Crippen LogP contribution in [0.5, 0.6) is 0 Å². The first-order valence-electron chi connectivity index (χ1n) is 5.72. The van der Waals surface area contributed by atoms with Gasteiger partial charge in [0, 0.05) is 28.5 Å². The molecule has 0 aliphatic heterocycles. The summed E-state index contributed by atoms with van der Waals surface area (Å²) in [4.78, 5) is 10.9. The molecule has 0 fully saturated rings. The maximum Gasteiger partial charge on any atom is 0.115 e. The summed E-state index contributed by atoms with van der Waals surface area (Å²) in [7, 11) is 0. The number of hydrogen-bond donors (Lipinski definition) is 1. The third-order valence-electron chi connectivity index (χ3n) is 2.78. The second-order valence-electron chi connectivity index (χ2n) is 4.17. The highest BCUT2D eigenvalue weighted by Crippen LogP contribution is 2.26. The van der Waals surface area contributed by atoms with Gasteiger partial charge in [0.1, 0.15) is 6.33 Å². The number of aryl methyl sites for hydroxylation is 2. The number of thiophene rings is 1. The zero-order chi connectivity index (χ0) is 12.3. The fourth-order valence-corrected chi connectivity index (χ4v) is 2.89. The molecule has 2 aromatic rings. The van der Waals surface area contributed by atoms with Crippen LogP contribution in [0.15, 0.2) is 24.7 Å². The van der Waals surface area contributed by atoms with Crippen molar-refractivity contribution < 1.29 is 0 Å². The van der Waals surface area contributed by atoms with Crippen LogP contribution in [0.1, 0.15) is 34.0 Å². The average Bonchev–Trinajstić information content (AvgIpc) is 2.67. The summed E-state index contributed by atoms with van der Waals surface area (Å²) in [5.41, 5.74) is 2.41. The van der Waals surface area contributed by atoms with Crippen LogP contribution in [0.3, 0.4) is 0 Å². The molecule has 1 unspecified atom stereocenters. The molecule has 2 aromatic heterocycles. The van der Waals surface area contributed by atoms with E-state index in [-0.39, 0.29) is 0 Å². The van der Waals surface area contributed by atoms with Crippen molar-refractivity contribution in [2.45, 2.75) is 33.4 Å². The van der Waals surface area contributed by atoms with E-state index in [0.717, 1.165) is 12.2 Å². The summed E-state index contributed by atoms with van der Waals surface area (Å²) in [6.07, 6.45) is 3.36. The standard InChI is InChI=1S/C13H17N3S/c1-9-6-13(11(3)17-9)10(2)15-7-12-4-5-14-8-16-12/h4-6,8,10,15H,7H2,1-3H3. The molecule has 4 heteroatoms. The van der Waals surface area contributed by atoms with Crippen molar-refractivity contribution >= 4 is 11.3 Å². The van der Waals surface area contributed by atoms with Gasteiger partial charge in [0.05, 0.1) is 5.69 Å². The Kier molecular flexibility index (Phi) is 3.86. The van der Waals surface area contributed by atoms with E-state index in [1.54, 1.807) is 12.5 Å². The van der Waals surface area contributed by atoms with E-state index < -0.39 is 0 Å². The molecule has 0 bridgehead atoms. The maximum absolute atomic E-state index is 4.20. The predicted molar refractivity (Wildman–Crippen MR) is 71.1 cm³/mol. The highest BCUT2D eigenvalue weighted by molar-refractivity contribution is 7.12. The molecule has 2 heterocycles. The van der Waals surface area contributed by atoms with Crippen molar-refractivity contribution in [3.8, 4) is 0 Å². The largest absolute Gasteiger partial charge is 0.305 e. The van der Waals surface area contributed by atoms with Gasteiger partial charge < -0.3 is 5.32 Å². The molecule has 1 N–H and O–H groups in total. The molecule has 0 aromatic carbocycles. The van der Waals surface area contributed by atoms with Gasteiger partial charge >= 0.3 is 0 Å². The number of nitrogens with one attached hydrogen (secondary N) is 1. The number of aromatic nitrogens is 2. The fraction of sp³-hybridized carbons (Fsp3) is 0.385. The van der Waals surface area contributed by atoms with Crippen molar-refractivity contribution in [1.29, 1.82) is 0 Å². The van der Waals surface area contributed by atoms with Crippen molar-refractivity contribution in [1.82, 2.24) is 15.3 Å². The highest BCUT2D eigenvalue weighted by atomic mass is 32.1. The molecule has 90 valence electrons.